The second-order valence-electron chi connectivity index (χ2n) is 7.55. The van der Waals surface area contributed by atoms with E-state index in [0.717, 1.165) is 22.2 Å². The van der Waals surface area contributed by atoms with Crippen LogP contribution in [0.25, 0.3) is 10.9 Å². The van der Waals surface area contributed by atoms with E-state index in [1.54, 1.807) is 20.8 Å². The van der Waals surface area contributed by atoms with Gasteiger partial charge in [0.1, 0.15) is 11.6 Å². The molecule has 2 amide bonds. The van der Waals surface area contributed by atoms with Crippen LogP contribution in [0.3, 0.4) is 0 Å². The molecule has 2 aromatic heterocycles. The van der Waals surface area contributed by atoms with Gasteiger partial charge >= 0.3 is 6.09 Å². The van der Waals surface area contributed by atoms with Crippen LogP contribution in [0, 0.1) is 6.92 Å². The van der Waals surface area contributed by atoms with Gasteiger partial charge in [-0.2, -0.15) is 0 Å². The van der Waals surface area contributed by atoms with Crippen LogP contribution in [0.2, 0.25) is 0 Å². The summed E-state index contributed by atoms with van der Waals surface area (Å²) in [4.78, 5) is 32.6. The molecule has 8 heteroatoms. The summed E-state index contributed by atoms with van der Waals surface area (Å²) in [6, 6.07) is 7.02. The van der Waals surface area contributed by atoms with E-state index < -0.39 is 17.7 Å². The molecular formula is C20H24N4O3S. The number of aromatic amines is 1. The molecule has 0 spiro atoms. The Bertz CT molecular complexity index is 987. The number of aromatic nitrogens is 2. The molecular weight excluding hydrogens is 376 g/mol. The van der Waals surface area contributed by atoms with E-state index in [-0.39, 0.29) is 5.91 Å². The third kappa shape index (κ3) is 5.10. The Labute approximate surface area is 167 Å². The van der Waals surface area contributed by atoms with Gasteiger partial charge < -0.3 is 20.4 Å². The number of hydrogen-bond donors (Lipinski definition) is 3. The molecule has 1 atom stereocenters. The Morgan fingerprint density at radius 1 is 1.29 bits per heavy atom. The van der Waals surface area contributed by atoms with E-state index in [4.69, 9.17) is 4.74 Å². The number of alkyl carbamates (subject to hydrolysis) is 1. The van der Waals surface area contributed by atoms with Crippen molar-refractivity contribution in [2.45, 2.75) is 45.8 Å². The highest BCUT2D eigenvalue weighted by molar-refractivity contribution is 7.13. The molecule has 3 N–H and O–H groups in total. The number of nitrogens with one attached hydrogen (secondary N) is 3. The molecule has 3 aromatic rings. The molecule has 28 heavy (non-hydrogen) atoms. The lowest BCUT2D eigenvalue weighted by Crippen LogP contribution is -2.47. The van der Waals surface area contributed by atoms with Gasteiger partial charge in [0.25, 0.3) is 0 Å². The van der Waals surface area contributed by atoms with Gasteiger partial charge in [-0.05, 0) is 39.3 Å². The van der Waals surface area contributed by atoms with Gasteiger partial charge in [-0.3, -0.25) is 4.79 Å². The minimum Gasteiger partial charge on any atom is -0.444 e. The Morgan fingerprint density at radius 3 is 2.71 bits per heavy atom. The van der Waals surface area contributed by atoms with E-state index in [1.165, 1.54) is 11.3 Å². The maximum Gasteiger partial charge on any atom is 0.408 e. The van der Waals surface area contributed by atoms with Crippen molar-refractivity contribution < 1.29 is 14.3 Å². The number of benzene rings is 1. The van der Waals surface area contributed by atoms with Crippen LogP contribution < -0.4 is 10.6 Å². The van der Waals surface area contributed by atoms with Crippen molar-refractivity contribution in [3.8, 4) is 0 Å². The lowest BCUT2D eigenvalue weighted by atomic mass is 10.0. The van der Waals surface area contributed by atoms with Crippen LogP contribution in [-0.4, -0.2) is 33.6 Å². The number of H-pyrrole nitrogens is 1. The summed E-state index contributed by atoms with van der Waals surface area (Å²) in [7, 11) is 0. The van der Waals surface area contributed by atoms with E-state index in [1.807, 2.05) is 42.8 Å². The fourth-order valence-corrected chi connectivity index (χ4v) is 3.47. The number of amides is 2. The SMILES string of the molecule is Cc1csc(NC(=O)C(Cc2c[nH]c3ccccc23)NC(=O)OC(C)(C)C)n1. The van der Waals surface area contributed by atoms with Crippen molar-refractivity contribution in [2.24, 2.45) is 0 Å². The average Bonchev–Trinajstić information content (AvgIpc) is 3.19. The molecule has 0 aliphatic heterocycles. The van der Waals surface area contributed by atoms with Gasteiger partial charge in [-0.15, -0.1) is 11.3 Å². The van der Waals surface area contributed by atoms with Crippen molar-refractivity contribution in [1.82, 2.24) is 15.3 Å². The lowest BCUT2D eigenvalue weighted by Gasteiger charge is -2.23. The molecule has 0 radical (unpaired) electrons. The van der Waals surface area contributed by atoms with Gasteiger partial charge in [0.15, 0.2) is 5.13 Å². The summed E-state index contributed by atoms with van der Waals surface area (Å²) < 4.78 is 5.33. The second kappa shape index (κ2) is 8.02. The largest absolute Gasteiger partial charge is 0.444 e. The zero-order chi connectivity index (χ0) is 20.3. The zero-order valence-corrected chi connectivity index (χ0v) is 17.1. The summed E-state index contributed by atoms with van der Waals surface area (Å²) in [5.41, 5.74) is 2.08. The summed E-state index contributed by atoms with van der Waals surface area (Å²) >= 11 is 1.34. The predicted octanol–water partition coefficient (Wildman–Crippen LogP) is 4.01. The second-order valence-corrected chi connectivity index (χ2v) is 8.40. The topological polar surface area (TPSA) is 96.1 Å². The smallest absolute Gasteiger partial charge is 0.408 e. The average molecular weight is 401 g/mol. The van der Waals surface area contributed by atoms with Gasteiger partial charge in [-0.1, -0.05) is 18.2 Å². The Kier molecular flexibility index (Phi) is 5.69. The number of carbonyl (C=O) groups is 2. The standard InChI is InChI=1S/C20H24N4O3S/c1-12-11-28-18(22-12)24-17(25)16(23-19(26)27-20(2,3)4)9-13-10-21-15-8-6-5-7-14(13)15/h5-8,10-11,16,21H,9H2,1-4H3,(H,23,26)(H,22,24,25). The van der Waals surface area contributed by atoms with Crippen molar-refractivity contribution in [1.29, 1.82) is 0 Å². The van der Waals surface area contributed by atoms with Crippen molar-refractivity contribution in [3.05, 3.63) is 47.1 Å². The van der Waals surface area contributed by atoms with Gasteiger partial charge in [0.2, 0.25) is 5.91 Å². The normalized spacial score (nSPS) is 12.6. The third-order valence-corrected chi connectivity index (χ3v) is 4.83. The van der Waals surface area contributed by atoms with Crippen molar-refractivity contribution in [3.63, 3.8) is 0 Å². The summed E-state index contributed by atoms with van der Waals surface area (Å²) in [5.74, 6) is -0.342. The maximum absolute atomic E-state index is 12.9. The van der Waals surface area contributed by atoms with Crippen LogP contribution >= 0.6 is 11.3 Å². The van der Waals surface area contributed by atoms with E-state index in [9.17, 15) is 9.59 Å². The first-order chi connectivity index (χ1) is 13.2. The van der Waals surface area contributed by atoms with Crippen molar-refractivity contribution >= 4 is 39.4 Å². The minimum atomic E-state index is -0.807. The molecule has 0 aliphatic carbocycles. The number of hydrogen-bond acceptors (Lipinski definition) is 5. The van der Waals surface area contributed by atoms with Gasteiger partial charge in [0.05, 0.1) is 5.69 Å². The van der Waals surface area contributed by atoms with E-state index in [2.05, 4.69) is 20.6 Å². The van der Waals surface area contributed by atoms with Crippen LogP contribution in [0.1, 0.15) is 32.0 Å². The number of aryl methyl sites for hydroxylation is 1. The first kappa shape index (κ1) is 19.9. The summed E-state index contributed by atoms with van der Waals surface area (Å²) in [6.45, 7) is 7.19. The number of carbonyl (C=O) groups excluding carboxylic acids is 2. The number of thiazole rings is 1. The number of rotatable bonds is 5. The molecule has 2 heterocycles. The van der Waals surface area contributed by atoms with E-state index >= 15 is 0 Å². The zero-order valence-electron chi connectivity index (χ0n) is 16.3. The van der Waals surface area contributed by atoms with Crippen LogP contribution in [0.4, 0.5) is 9.93 Å². The molecule has 3 rings (SSSR count). The van der Waals surface area contributed by atoms with Crippen molar-refractivity contribution in [2.75, 3.05) is 5.32 Å². The number of ether oxygens (including phenoxy) is 1. The Morgan fingerprint density at radius 2 is 2.04 bits per heavy atom. The third-order valence-electron chi connectivity index (χ3n) is 3.96. The molecule has 0 bridgehead atoms. The molecule has 7 nitrogen and oxygen atoms in total. The van der Waals surface area contributed by atoms with E-state index in [0.29, 0.717) is 11.6 Å². The molecule has 0 saturated heterocycles. The summed E-state index contributed by atoms with van der Waals surface area (Å²) in [6.07, 6.45) is 1.54. The van der Waals surface area contributed by atoms with Crippen LogP contribution in [0.5, 0.6) is 0 Å². The highest BCUT2D eigenvalue weighted by Gasteiger charge is 2.26. The maximum atomic E-state index is 12.9. The van der Waals surface area contributed by atoms with Gasteiger partial charge in [0, 0.05) is 28.9 Å². The molecule has 0 aliphatic rings. The molecule has 0 fully saturated rings. The molecule has 0 saturated carbocycles. The number of nitrogens with zero attached hydrogens (tertiary/aromatic N) is 1. The molecule has 148 valence electrons. The monoisotopic (exact) mass is 400 g/mol. The first-order valence-electron chi connectivity index (χ1n) is 8.99. The van der Waals surface area contributed by atoms with Crippen LogP contribution in [0.15, 0.2) is 35.8 Å². The highest BCUT2D eigenvalue weighted by Crippen LogP contribution is 2.20. The highest BCUT2D eigenvalue weighted by atomic mass is 32.1. The number of fused-ring (bicyclic) bond motifs is 1. The molecule has 1 aromatic carbocycles. The summed E-state index contributed by atoms with van der Waals surface area (Å²) in [5, 5.41) is 8.83. The van der Waals surface area contributed by atoms with Gasteiger partial charge in [-0.25, -0.2) is 9.78 Å². The fraction of sp³-hybridized carbons (Fsp3) is 0.350. The first-order valence-corrected chi connectivity index (χ1v) is 9.87. The Balaban J connectivity index is 1.80. The fourth-order valence-electron chi connectivity index (χ4n) is 2.78. The lowest BCUT2D eigenvalue weighted by molar-refractivity contribution is -0.118. The quantitative estimate of drug-likeness (QED) is 0.603. The predicted molar refractivity (Wildman–Crippen MR) is 111 cm³/mol. The Hall–Kier alpha value is -2.87. The number of para-hydroxylation sites is 1. The number of anilines is 1. The minimum absolute atomic E-state index is 0.319. The van der Waals surface area contributed by atoms with Crippen LogP contribution in [-0.2, 0) is 16.0 Å². The molecule has 1 unspecified atom stereocenters.